The first kappa shape index (κ1) is 13.9. The molecule has 1 aromatic heterocycles. The minimum Gasteiger partial charge on any atom is -0.386 e. The normalized spacial score (nSPS) is 11.6. The molecular formula is C15H17N3O2. The van der Waals surface area contributed by atoms with Gasteiger partial charge in [0.1, 0.15) is 0 Å². The van der Waals surface area contributed by atoms with Crippen molar-refractivity contribution in [2.24, 2.45) is 14.1 Å². The highest BCUT2D eigenvalue weighted by molar-refractivity contribution is 5.23. The van der Waals surface area contributed by atoms with E-state index in [0.717, 1.165) is 10.1 Å². The number of benzene rings is 1. The fraction of sp³-hybridized carbons (Fsp3) is 0.200. The van der Waals surface area contributed by atoms with Crippen LogP contribution in [-0.2, 0) is 20.6 Å². The molecule has 0 bridgehead atoms. The predicted octanol–water partition coefficient (Wildman–Crippen LogP) is -0.978. The summed E-state index contributed by atoms with van der Waals surface area (Å²) in [6.07, 6.45) is 1.61. The first-order valence-corrected chi connectivity index (χ1v) is 6.25. The number of hydrogen-bond acceptors (Lipinski definition) is 3. The Morgan fingerprint density at radius 1 is 1.15 bits per heavy atom. The van der Waals surface area contributed by atoms with E-state index in [1.54, 1.807) is 13.2 Å². The van der Waals surface area contributed by atoms with Crippen molar-refractivity contribution in [2.45, 2.75) is 6.54 Å². The fourth-order valence-electron chi connectivity index (χ4n) is 1.92. The molecule has 2 aromatic rings. The molecular weight excluding hydrogens is 254 g/mol. The van der Waals surface area contributed by atoms with Gasteiger partial charge in [-0.1, -0.05) is 36.9 Å². The first-order chi connectivity index (χ1) is 9.52. The molecule has 1 aromatic carbocycles. The van der Waals surface area contributed by atoms with Crippen LogP contribution in [0.1, 0.15) is 5.56 Å². The minimum absolute atomic E-state index is 0.348. The van der Waals surface area contributed by atoms with Gasteiger partial charge in [0.25, 0.3) is 5.56 Å². The second-order valence-corrected chi connectivity index (χ2v) is 4.58. The van der Waals surface area contributed by atoms with Gasteiger partial charge in [0, 0.05) is 26.8 Å². The number of aromatic nitrogens is 2. The molecule has 0 spiro atoms. The highest BCUT2D eigenvalue weighted by atomic mass is 16.2. The Morgan fingerprint density at radius 2 is 1.80 bits per heavy atom. The maximum absolute atomic E-state index is 12.0. The lowest BCUT2D eigenvalue weighted by Crippen LogP contribution is -2.56. The SMILES string of the molecule is C=c1/c(=C/NCc2ccccc2)c(=O)n(C)c(=O)n1C. The van der Waals surface area contributed by atoms with E-state index < -0.39 is 0 Å². The van der Waals surface area contributed by atoms with Gasteiger partial charge in [0.15, 0.2) is 0 Å². The zero-order chi connectivity index (χ0) is 14.7. The molecule has 5 nitrogen and oxygen atoms in total. The molecule has 0 atom stereocenters. The van der Waals surface area contributed by atoms with Crippen molar-refractivity contribution in [3.05, 3.63) is 67.3 Å². The van der Waals surface area contributed by atoms with Gasteiger partial charge in [-0.3, -0.25) is 13.9 Å². The Morgan fingerprint density at radius 3 is 2.45 bits per heavy atom. The third-order valence-corrected chi connectivity index (χ3v) is 3.22. The summed E-state index contributed by atoms with van der Waals surface area (Å²) >= 11 is 0. The largest absolute Gasteiger partial charge is 0.386 e. The van der Waals surface area contributed by atoms with Crippen LogP contribution in [0.2, 0.25) is 0 Å². The van der Waals surface area contributed by atoms with E-state index in [2.05, 4.69) is 11.9 Å². The standard InChI is InChI=1S/C15H17N3O2/c1-11-13(14(19)18(3)15(20)17(11)2)10-16-9-12-7-5-4-6-8-12/h4-8,10,16H,1,9H2,2-3H3/b13-10-. The van der Waals surface area contributed by atoms with Gasteiger partial charge in [-0.2, -0.15) is 0 Å². The summed E-state index contributed by atoms with van der Waals surface area (Å²) in [6, 6.07) is 9.84. The summed E-state index contributed by atoms with van der Waals surface area (Å²) in [5.74, 6) is 0. The third kappa shape index (κ3) is 2.56. The van der Waals surface area contributed by atoms with Crippen molar-refractivity contribution < 1.29 is 0 Å². The topological polar surface area (TPSA) is 56.0 Å². The van der Waals surface area contributed by atoms with Gasteiger partial charge >= 0.3 is 5.69 Å². The van der Waals surface area contributed by atoms with E-state index in [4.69, 9.17) is 0 Å². The monoisotopic (exact) mass is 271 g/mol. The van der Waals surface area contributed by atoms with Gasteiger partial charge in [0.2, 0.25) is 0 Å². The summed E-state index contributed by atoms with van der Waals surface area (Å²) in [5, 5.41) is 3.88. The van der Waals surface area contributed by atoms with Crippen molar-refractivity contribution in [1.29, 1.82) is 0 Å². The Labute approximate surface area is 116 Å². The van der Waals surface area contributed by atoms with Crippen LogP contribution in [0.3, 0.4) is 0 Å². The summed E-state index contributed by atoms with van der Waals surface area (Å²) < 4.78 is 2.43. The fourth-order valence-corrected chi connectivity index (χ4v) is 1.92. The summed E-state index contributed by atoms with van der Waals surface area (Å²) in [6.45, 7) is 4.39. The second-order valence-electron chi connectivity index (χ2n) is 4.58. The van der Waals surface area contributed by atoms with Crippen LogP contribution in [0.15, 0.2) is 39.9 Å². The second kappa shape index (κ2) is 5.61. The smallest absolute Gasteiger partial charge is 0.330 e. The lowest BCUT2D eigenvalue weighted by molar-refractivity contribution is 0.659. The maximum Gasteiger partial charge on any atom is 0.330 e. The highest BCUT2D eigenvalue weighted by Gasteiger charge is 2.02. The Kier molecular flexibility index (Phi) is 3.89. The molecule has 1 heterocycles. The Hall–Kier alpha value is -2.56. The molecule has 0 aliphatic rings. The first-order valence-electron chi connectivity index (χ1n) is 6.25. The van der Waals surface area contributed by atoms with Gasteiger partial charge in [-0.25, -0.2) is 4.79 Å². The van der Waals surface area contributed by atoms with E-state index in [-0.39, 0.29) is 11.2 Å². The highest BCUT2D eigenvalue weighted by Crippen LogP contribution is 1.96. The van der Waals surface area contributed by atoms with Crippen LogP contribution < -0.4 is 27.1 Å². The number of hydrogen-bond donors (Lipinski definition) is 1. The zero-order valence-electron chi connectivity index (χ0n) is 11.6. The molecule has 20 heavy (non-hydrogen) atoms. The van der Waals surface area contributed by atoms with Crippen molar-refractivity contribution in [3.63, 3.8) is 0 Å². The maximum atomic E-state index is 12.0. The molecule has 0 radical (unpaired) electrons. The quantitative estimate of drug-likeness (QED) is 0.781. The van der Waals surface area contributed by atoms with Gasteiger partial charge in [-0.05, 0) is 5.56 Å². The van der Waals surface area contributed by atoms with Crippen LogP contribution in [0, 0.1) is 0 Å². The summed E-state index contributed by atoms with van der Waals surface area (Å²) in [5.41, 5.74) is 0.384. The van der Waals surface area contributed by atoms with Crippen molar-refractivity contribution >= 4 is 12.8 Å². The van der Waals surface area contributed by atoms with E-state index in [9.17, 15) is 9.59 Å². The molecule has 104 valence electrons. The lowest BCUT2D eigenvalue weighted by atomic mass is 10.2. The van der Waals surface area contributed by atoms with Gasteiger partial charge in [-0.15, -0.1) is 0 Å². The average molecular weight is 271 g/mol. The number of nitrogens with one attached hydrogen (secondary N) is 1. The molecule has 0 unspecified atom stereocenters. The van der Waals surface area contributed by atoms with E-state index >= 15 is 0 Å². The van der Waals surface area contributed by atoms with Gasteiger partial charge < -0.3 is 5.32 Å². The molecule has 0 aliphatic heterocycles. The van der Waals surface area contributed by atoms with Crippen LogP contribution in [-0.4, -0.2) is 9.13 Å². The minimum atomic E-state index is -0.375. The molecule has 0 amide bonds. The molecule has 5 heteroatoms. The van der Waals surface area contributed by atoms with Crippen LogP contribution in [0.25, 0.3) is 12.8 Å². The number of nitrogens with zero attached hydrogens (tertiary/aromatic N) is 2. The molecule has 0 fully saturated rings. The Balaban J connectivity index is 2.39. The zero-order valence-corrected chi connectivity index (χ0v) is 11.6. The molecule has 0 saturated carbocycles. The van der Waals surface area contributed by atoms with Crippen LogP contribution in [0.5, 0.6) is 0 Å². The molecule has 2 rings (SSSR count). The molecule has 1 N–H and O–H groups in total. The van der Waals surface area contributed by atoms with Crippen molar-refractivity contribution in [3.8, 4) is 0 Å². The van der Waals surface area contributed by atoms with Gasteiger partial charge in [0.05, 0.1) is 10.6 Å². The van der Waals surface area contributed by atoms with Crippen LogP contribution in [0.4, 0.5) is 0 Å². The predicted molar refractivity (Wildman–Crippen MR) is 79.4 cm³/mol. The average Bonchev–Trinajstić information content (AvgIpc) is 2.48. The van der Waals surface area contributed by atoms with Crippen molar-refractivity contribution in [2.75, 3.05) is 0 Å². The Bertz CT molecular complexity index is 789. The van der Waals surface area contributed by atoms with Crippen molar-refractivity contribution in [1.82, 2.24) is 14.5 Å². The van der Waals surface area contributed by atoms with Crippen LogP contribution >= 0.6 is 0 Å². The lowest BCUT2D eigenvalue weighted by Gasteiger charge is -2.04. The van der Waals surface area contributed by atoms with E-state index in [1.807, 2.05) is 30.3 Å². The van der Waals surface area contributed by atoms with E-state index in [0.29, 0.717) is 17.1 Å². The third-order valence-electron chi connectivity index (χ3n) is 3.22. The summed E-state index contributed by atoms with van der Waals surface area (Å²) in [7, 11) is 3.05. The van der Waals surface area contributed by atoms with E-state index in [1.165, 1.54) is 11.6 Å². The molecule has 0 aliphatic carbocycles. The summed E-state index contributed by atoms with van der Waals surface area (Å²) in [4.78, 5) is 23.8. The number of rotatable bonds is 3. The molecule has 0 saturated heterocycles.